The Bertz CT molecular complexity index is 777. The monoisotopic (exact) mass is 560 g/mol. The number of halogens is 20. The van der Waals surface area contributed by atoms with Gasteiger partial charge in [-0.2, -0.15) is 79.0 Å². The fourth-order valence-electron chi connectivity index (χ4n) is 2.34. The first-order chi connectivity index (χ1) is 14.5. The van der Waals surface area contributed by atoms with Crippen LogP contribution in [-0.2, 0) is 9.47 Å². The average Bonchev–Trinajstić information content (AvgIpc) is 2.62. The van der Waals surface area contributed by atoms with Crippen molar-refractivity contribution in [2.45, 2.75) is 60.0 Å². The maximum Gasteiger partial charge on any atom is 0.440 e. The molecule has 0 saturated carbocycles. The summed E-state index contributed by atoms with van der Waals surface area (Å²) in [6, 6.07) is -30.1. The van der Waals surface area contributed by atoms with Crippen LogP contribution in [0.5, 0.6) is 0 Å². The van der Waals surface area contributed by atoms with E-state index in [1.165, 1.54) is 9.47 Å². The smallest absolute Gasteiger partial charge is 0.264 e. The molecule has 4 nitrogen and oxygen atoms in total. The van der Waals surface area contributed by atoms with E-state index < -0.39 is 70.2 Å². The highest BCUT2D eigenvalue weighted by Gasteiger charge is 2.99. The largest absolute Gasteiger partial charge is 0.440 e. The van der Waals surface area contributed by atoms with Crippen molar-refractivity contribution in [3.05, 3.63) is 0 Å². The highest BCUT2D eigenvalue weighted by atomic mass is 19.4. The Morgan fingerprint density at radius 2 is 0.618 bits per heavy atom. The van der Waals surface area contributed by atoms with Gasteiger partial charge in [-0.05, 0) is 10.2 Å². The van der Waals surface area contributed by atoms with Gasteiger partial charge in [-0.25, -0.2) is 0 Å². The van der Waals surface area contributed by atoms with Gasteiger partial charge in [0, 0.05) is 0 Å². The first kappa shape index (κ1) is 28.7. The summed E-state index contributed by atoms with van der Waals surface area (Å²) >= 11 is 0. The van der Waals surface area contributed by atoms with Gasteiger partial charge >= 0.3 is 60.0 Å². The zero-order chi connectivity index (χ0) is 27.6. The van der Waals surface area contributed by atoms with E-state index in [4.69, 9.17) is 0 Å². The number of morpholine rings is 2. The summed E-state index contributed by atoms with van der Waals surface area (Å²) < 4.78 is 270. The van der Waals surface area contributed by atoms with Crippen molar-refractivity contribution in [3.8, 4) is 0 Å². The molecule has 0 amide bonds. The molecule has 202 valence electrons. The Morgan fingerprint density at radius 1 is 0.412 bits per heavy atom. The van der Waals surface area contributed by atoms with E-state index in [0.717, 1.165) is 0 Å². The summed E-state index contributed by atoms with van der Waals surface area (Å²) in [5.41, 5.74) is 0. The maximum atomic E-state index is 14.1. The molecular weight excluding hydrogens is 560 g/mol. The lowest BCUT2D eigenvalue weighted by molar-refractivity contribution is -0.619. The third kappa shape index (κ3) is 2.78. The van der Waals surface area contributed by atoms with Crippen LogP contribution in [0.25, 0.3) is 0 Å². The van der Waals surface area contributed by atoms with Crippen LogP contribution < -0.4 is 0 Å². The highest BCUT2D eigenvalue weighted by molar-refractivity contribution is 5.15. The van der Waals surface area contributed by atoms with Gasteiger partial charge < -0.3 is 0 Å². The van der Waals surface area contributed by atoms with Gasteiger partial charge in [0.05, 0.1) is 0 Å². The van der Waals surface area contributed by atoms with E-state index in [9.17, 15) is 88.0 Å². The average molecular weight is 560 g/mol. The van der Waals surface area contributed by atoms with Crippen LogP contribution in [0.4, 0.5) is 88.0 Å². The van der Waals surface area contributed by atoms with Crippen molar-refractivity contribution in [3.63, 3.8) is 0 Å². The van der Waals surface area contributed by atoms with Crippen molar-refractivity contribution in [1.29, 1.82) is 0 Å². The molecule has 24 heteroatoms. The molecule has 2 unspecified atom stereocenters. The first-order valence-corrected chi connectivity index (χ1v) is 7.20. The van der Waals surface area contributed by atoms with Crippen LogP contribution in [-0.4, -0.2) is 70.2 Å². The van der Waals surface area contributed by atoms with Crippen LogP contribution in [0.3, 0.4) is 0 Å². The van der Waals surface area contributed by atoms with Gasteiger partial charge in [0.2, 0.25) is 0 Å². The van der Waals surface area contributed by atoms with Crippen LogP contribution in [0, 0.1) is 0 Å². The van der Waals surface area contributed by atoms with Gasteiger partial charge in [-0.3, -0.25) is 9.47 Å². The standard InChI is InChI=1S/C10F20N2O2/c11-1(12,3(15)5(17,18)31(29)7(21,22)9(25,26)33-3)2(13,14)4(16)6(19,20)32(30)8(23,24)10(27,28)34-4. The summed E-state index contributed by atoms with van der Waals surface area (Å²) in [6.07, 6.45) is -14.7. The maximum absolute atomic E-state index is 14.1. The molecule has 2 saturated heterocycles. The molecule has 0 aliphatic carbocycles. The van der Waals surface area contributed by atoms with Crippen LogP contribution in [0.2, 0.25) is 0 Å². The fourth-order valence-corrected chi connectivity index (χ4v) is 2.34. The van der Waals surface area contributed by atoms with Gasteiger partial charge in [-0.1, -0.05) is 0 Å². The van der Waals surface area contributed by atoms with Crippen molar-refractivity contribution in [2.24, 2.45) is 0 Å². The van der Waals surface area contributed by atoms with E-state index >= 15 is 0 Å². The third-order valence-electron chi connectivity index (χ3n) is 4.20. The molecule has 0 bridgehead atoms. The lowest BCUT2D eigenvalue weighted by Crippen LogP contribution is -2.85. The fraction of sp³-hybridized carbons (Fsp3) is 1.00. The number of hydrogen-bond donors (Lipinski definition) is 0. The summed E-state index contributed by atoms with van der Waals surface area (Å²) in [7, 11) is 0. The molecule has 2 fully saturated rings. The minimum absolute atomic E-state index is 1.52. The van der Waals surface area contributed by atoms with E-state index in [1.807, 2.05) is 0 Å². The molecule has 2 atom stereocenters. The predicted molar refractivity (Wildman–Crippen MR) is 55.3 cm³/mol. The van der Waals surface area contributed by atoms with Crippen molar-refractivity contribution >= 4 is 0 Å². The van der Waals surface area contributed by atoms with Crippen LogP contribution in [0.1, 0.15) is 0 Å². The molecule has 0 aromatic rings. The second-order valence-corrected chi connectivity index (χ2v) is 6.30. The van der Waals surface area contributed by atoms with Gasteiger partial charge in [0.15, 0.2) is 0 Å². The van der Waals surface area contributed by atoms with E-state index in [-0.39, 0.29) is 0 Å². The number of ether oxygens (including phenoxy) is 2. The van der Waals surface area contributed by atoms with Gasteiger partial charge in [-0.15, -0.1) is 8.96 Å². The summed E-state index contributed by atoms with van der Waals surface area (Å²) in [5, 5.41) is -8.41. The molecule has 34 heavy (non-hydrogen) atoms. The second kappa shape index (κ2) is 6.60. The normalized spacial score (nSPS) is 37.4. The summed E-state index contributed by atoms with van der Waals surface area (Å²) in [5.74, 6) is -33.6. The Hall–Kier alpha value is -1.56. The van der Waals surface area contributed by atoms with Crippen LogP contribution >= 0.6 is 0 Å². The molecule has 0 spiro atoms. The Labute approximate surface area is 169 Å². The Morgan fingerprint density at radius 3 is 0.824 bits per heavy atom. The molecular formula is C10F20N2O2. The number of rotatable bonds is 3. The molecule has 0 radical (unpaired) electrons. The molecule has 0 aromatic heterocycles. The quantitative estimate of drug-likeness (QED) is 0.256. The summed E-state index contributed by atoms with van der Waals surface area (Å²) in [6.45, 7) is 0. The Balaban J connectivity index is 2.81. The van der Waals surface area contributed by atoms with E-state index in [0.29, 0.717) is 0 Å². The molecule has 2 aliphatic rings. The van der Waals surface area contributed by atoms with E-state index in [1.54, 1.807) is 0 Å². The highest BCUT2D eigenvalue weighted by Crippen LogP contribution is 2.68. The number of nitrogens with zero attached hydrogens (tertiary/aromatic N) is 2. The second-order valence-electron chi connectivity index (χ2n) is 6.30. The molecule has 0 aromatic carbocycles. The van der Waals surface area contributed by atoms with Crippen molar-refractivity contribution in [1.82, 2.24) is 10.2 Å². The first-order valence-electron chi connectivity index (χ1n) is 7.20. The molecule has 2 aliphatic heterocycles. The van der Waals surface area contributed by atoms with Crippen LogP contribution in [0.15, 0.2) is 0 Å². The predicted octanol–water partition coefficient (Wildman–Crippen LogP) is 5.58. The lowest BCUT2D eigenvalue weighted by Gasteiger charge is -2.53. The number of alkyl halides is 18. The SMILES string of the molecule is FN1C(F)(F)C(F)(F)OC(F)(C(F)(F)C(F)(F)C2(F)OC(F)(F)C(F)(F)N(F)C2(F)F)C1(F)F. The lowest BCUT2D eigenvalue weighted by atomic mass is 9.91. The van der Waals surface area contributed by atoms with Gasteiger partial charge in [0.25, 0.3) is 0 Å². The van der Waals surface area contributed by atoms with Crippen molar-refractivity contribution < 1.29 is 97.5 Å². The van der Waals surface area contributed by atoms with Crippen molar-refractivity contribution in [2.75, 3.05) is 0 Å². The van der Waals surface area contributed by atoms with E-state index in [2.05, 4.69) is 0 Å². The Kier molecular flexibility index (Phi) is 5.57. The summed E-state index contributed by atoms with van der Waals surface area (Å²) in [4.78, 5) is 0. The zero-order valence-corrected chi connectivity index (χ0v) is 14.3. The molecule has 0 N–H and O–H groups in total. The van der Waals surface area contributed by atoms with Gasteiger partial charge in [0.1, 0.15) is 0 Å². The third-order valence-corrected chi connectivity index (χ3v) is 4.20. The minimum Gasteiger partial charge on any atom is -0.264 e. The number of hydrogen-bond acceptors (Lipinski definition) is 4. The minimum atomic E-state index is -8.67. The molecule has 2 rings (SSSR count). The molecule has 2 heterocycles. The topological polar surface area (TPSA) is 24.9 Å². The zero-order valence-electron chi connectivity index (χ0n) is 14.3.